The molecule has 34 heavy (non-hydrogen) atoms. The van der Waals surface area contributed by atoms with Crippen LogP contribution in [0.2, 0.25) is 0 Å². The summed E-state index contributed by atoms with van der Waals surface area (Å²) >= 11 is 0. The Morgan fingerprint density at radius 3 is 2.06 bits per heavy atom. The second kappa shape index (κ2) is 8.48. The van der Waals surface area contributed by atoms with Crippen LogP contribution in [-0.2, 0) is 16.1 Å². The van der Waals surface area contributed by atoms with Gasteiger partial charge in [-0.05, 0) is 29.1 Å². The average Bonchev–Trinajstić information content (AvgIpc) is 3.17. The molecule has 6 nitrogen and oxygen atoms in total. The third kappa shape index (κ3) is 3.59. The average molecular weight is 451 g/mol. The lowest BCUT2D eigenvalue weighted by molar-refractivity contribution is -0.132. The van der Waals surface area contributed by atoms with Crippen molar-refractivity contribution in [2.75, 3.05) is 4.90 Å². The van der Waals surface area contributed by atoms with Gasteiger partial charge >= 0.3 is 11.9 Å². The van der Waals surface area contributed by atoms with E-state index in [1.54, 1.807) is 17.0 Å². The van der Waals surface area contributed by atoms with Crippen LogP contribution in [-0.4, -0.2) is 17.8 Å². The molecule has 6 heteroatoms. The lowest BCUT2D eigenvalue weighted by Gasteiger charge is -2.18. The summed E-state index contributed by atoms with van der Waals surface area (Å²) in [6.45, 7) is 2.84. The Morgan fingerprint density at radius 2 is 1.41 bits per heavy atom. The summed E-state index contributed by atoms with van der Waals surface area (Å²) in [5.74, 6) is -0.704. The number of para-hydroxylation sites is 1. The second-order valence-corrected chi connectivity index (χ2v) is 8.02. The highest BCUT2D eigenvalue weighted by Crippen LogP contribution is 2.49. The Labute approximate surface area is 196 Å². The smallest absolute Gasteiger partial charge is 0.308 e. The van der Waals surface area contributed by atoms with Crippen molar-refractivity contribution in [1.82, 2.24) is 0 Å². The van der Waals surface area contributed by atoms with Crippen molar-refractivity contribution < 1.29 is 23.9 Å². The van der Waals surface area contributed by atoms with Crippen molar-refractivity contribution >= 4 is 34.3 Å². The number of benzene rings is 4. The molecule has 1 heterocycles. The molecule has 5 rings (SSSR count). The topological polar surface area (TPSA) is 72.9 Å². The van der Waals surface area contributed by atoms with Gasteiger partial charge in [0, 0.05) is 30.7 Å². The maximum absolute atomic E-state index is 13.8. The summed E-state index contributed by atoms with van der Waals surface area (Å²) in [7, 11) is 0. The van der Waals surface area contributed by atoms with E-state index in [-0.39, 0.29) is 24.0 Å². The molecule has 1 amide bonds. The molecule has 0 spiro atoms. The van der Waals surface area contributed by atoms with Crippen molar-refractivity contribution in [3.05, 3.63) is 90.0 Å². The number of amides is 1. The first-order valence-corrected chi connectivity index (χ1v) is 10.9. The minimum atomic E-state index is -0.529. The molecule has 0 atom stereocenters. The number of hydrogen-bond donors (Lipinski definition) is 0. The third-order valence-corrected chi connectivity index (χ3v) is 5.75. The van der Waals surface area contributed by atoms with Gasteiger partial charge in [0.25, 0.3) is 5.91 Å². The number of hydrogen-bond acceptors (Lipinski definition) is 5. The molecule has 0 saturated heterocycles. The van der Waals surface area contributed by atoms with Gasteiger partial charge in [-0.25, -0.2) is 0 Å². The maximum atomic E-state index is 13.8. The van der Waals surface area contributed by atoms with Crippen LogP contribution in [0.4, 0.5) is 5.69 Å². The van der Waals surface area contributed by atoms with Gasteiger partial charge in [-0.3, -0.25) is 14.4 Å². The van der Waals surface area contributed by atoms with E-state index in [0.717, 1.165) is 11.3 Å². The molecule has 4 aromatic carbocycles. The molecule has 0 radical (unpaired) electrons. The third-order valence-electron chi connectivity index (χ3n) is 5.75. The van der Waals surface area contributed by atoms with Crippen LogP contribution in [0.1, 0.15) is 29.8 Å². The summed E-state index contributed by atoms with van der Waals surface area (Å²) in [5.41, 5.74) is 3.33. The standard InChI is InChI=1S/C28H21NO5/c1-17(30)33-23-15-9-14-21-24(19-10-5-3-6-11-19)26-22(27(25(21)23)34-18(2)31)16-29(28(26)32)20-12-7-4-8-13-20/h3-15H,16H2,1-2H3. The lowest BCUT2D eigenvalue weighted by atomic mass is 9.89. The number of esters is 2. The number of carbonyl (C=O) groups is 3. The van der Waals surface area contributed by atoms with Crippen molar-refractivity contribution in [1.29, 1.82) is 0 Å². The van der Waals surface area contributed by atoms with Gasteiger partial charge < -0.3 is 14.4 Å². The van der Waals surface area contributed by atoms with Crippen molar-refractivity contribution in [2.45, 2.75) is 20.4 Å². The minimum absolute atomic E-state index is 0.187. The molecule has 1 aliphatic rings. The number of rotatable bonds is 4. The summed E-state index contributed by atoms with van der Waals surface area (Å²) in [6, 6.07) is 24.2. The molecule has 0 N–H and O–H groups in total. The quantitative estimate of drug-likeness (QED) is 0.302. The predicted molar refractivity (Wildman–Crippen MR) is 129 cm³/mol. The SMILES string of the molecule is CC(=O)Oc1cccc2c(-c3ccccc3)c3c(c(OC(C)=O)c12)CN(c1ccccc1)C3=O. The Morgan fingerprint density at radius 1 is 0.765 bits per heavy atom. The highest BCUT2D eigenvalue weighted by Gasteiger charge is 2.37. The Hall–Kier alpha value is -4.45. The maximum Gasteiger partial charge on any atom is 0.308 e. The summed E-state index contributed by atoms with van der Waals surface area (Å²) in [6.07, 6.45) is 0. The Balaban J connectivity index is 1.89. The number of nitrogens with zero attached hydrogens (tertiary/aromatic N) is 1. The van der Waals surface area contributed by atoms with Gasteiger partial charge in [0.2, 0.25) is 0 Å². The van der Waals surface area contributed by atoms with Crippen LogP contribution < -0.4 is 14.4 Å². The first-order chi connectivity index (χ1) is 16.5. The van der Waals surface area contributed by atoms with E-state index in [0.29, 0.717) is 27.5 Å². The zero-order valence-electron chi connectivity index (χ0n) is 18.7. The molecule has 0 fully saturated rings. The highest BCUT2D eigenvalue weighted by atomic mass is 16.5. The number of anilines is 1. The van der Waals surface area contributed by atoms with Crippen LogP contribution in [0.5, 0.6) is 11.5 Å². The van der Waals surface area contributed by atoms with Crippen LogP contribution >= 0.6 is 0 Å². The summed E-state index contributed by atoms with van der Waals surface area (Å²) < 4.78 is 11.2. The lowest BCUT2D eigenvalue weighted by Crippen LogP contribution is -2.23. The van der Waals surface area contributed by atoms with E-state index >= 15 is 0 Å². The highest BCUT2D eigenvalue weighted by molar-refractivity contribution is 6.21. The van der Waals surface area contributed by atoms with Gasteiger partial charge in [0.15, 0.2) is 0 Å². The number of ether oxygens (including phenoxy) is 2. The fourth-order valence-electron chi connectivity index (χ4n) is 4.49. The minimum Gasteiger partial charge on any atom is -0.426 e. The zero-order chi connectivity index (χ0) is 23.8. The van der Waals surface area contributed by atoms with Crippen molar-refractivity contribution in [2.24, 2.45) is 0 Å². The zero-order valence-corrected chi connectivity index (χ0v) is 18.7. The molecule has 0 unspecified atom stereocenters. The fraction of sp³-hybridized carbons (Fsp3) is 0.107. The van der Waals surface area contributed by atoms with Crippen LogP contribution in [0.3, 0.4) is 0 Å². The molecule has 0 saturated carbocycles. The van der Waals surface area contributed by atoms with E-state index in [2.05, 4.69) is 0 Å². The first-order valence-electron chi connectivity index (χ1n) is 10.9. The Bertz CT molecular complexity index is 1440. The normalized spacial score (nSPS) is 12.5. The van der Waals surface area contributed by atoms with Gasteiger partial charge in [-0.15, -0.1) is 0 Å². The molecule has 4 aromatic rings. The van der Waals surface area contributed by atoms with Gasteiger partial charge in [-0.2, -0.15) is 0 Å². The van der Waals surface area contributed by atoms with Gasteiger partial charge in [-0.1, -0.05) is 60.7 Å². The molecule has 0 aliphatic carbocycles. The molecule has 0 aromatic heterocycles. The first kappa shape index (κ1) is 21.4. The van der Waals surface area contributed by atoms with Gasteiger partial charge in [0.1, 0.15) is 11.5 Å². The second-order valence-electron chi connectivity index (χ2n) is 8.02. The summed E-state index contributed by atoms with van der Waals surface area (Å²) in [4.78, 5) is 39.5. The largest absolute Gasteiger partial charge is 0.426 e. The monoisotopic (exact) mass is 451 g/mol. The van der Waals surface area contributed by atoms with E-state index in [1.165, 1.54) is 13.8 Å². The molecular formula is C28H21NO5. The van der Waals surface area contributed by atoms with E-state index in [1.807, 2.05) is 66.7 Å². The van der Waals surface area contributed by atoms with Crippen LogP contribution in [0.15, 0.2) is 78.9 Å². The Kier molecular flexibility index (Phi) is 5.34. The fourth-order valence-corrected chi connectivity index (χ4v) is 4.49. The van der Waals surface area contributed by atoms with Crippen LogP contribution in [0, 0.1) is 0 Å². The molecule has 168 valence electrons. The molecular weight excluding hydrogens is 430 g/mol. The van der Waals surface area contributed by atoms with Crippen molar-refractivity contribution in [3.8, 4) is 22.6 Å². The molecule has 1 aliphatic heterocycles. The van der Waals surface area contributed by atoms with E-state index in [4.69, 9.17) is 9.47 Å². The van der Waals surface area contributed by atoms with Crippen molar-refractivity contribution in [3.63, 3.8) is 0 Å². The number of fused-ring (bicyclic) bond motifs is 2. The summed E-state index contributed by atoms with van der Waals surface area (Å²) in [5, 5.41) is 1.14. The van der Waals surface area contributed by atoms with E-state index < -0.39 is 11.9 Å². The van der Waals surface area contributed by atoms with Crippen LogP contribution in [0.25, 0.3) is 21.9 Å². The predicted octanol–water partition coefficient (Wildman–Crippen LogP) is 5.52. The molecule has 0 bridgehead atoms. The van der Waals surface area contributed by atoms with E-state index in [9.17, 15) is 14.4 Å². The number of carbonyl (C=O) groups excluding carboxylic acids is 3. The van der Waals surface area contributed by atoms with Gasteiger partial charge in [0.05, 0.1) is 17.5 Å².